The maximum atomic E-state index is 12.4. The average molecular weight is 369 g/mol. The van der Waals surface area contributed by atoms with E-state index in [-0.39, 0.29) is 36.4 Å². The summed E-state index contributed by atoms with van der Waals surface area (Å²) in [7, 11) is 0. The normalized spacial score (nSPS) is 14.8. The van der Waals surface area contributed by atoms with Crippen molar-refractivity contribution in [2.75, 3.05) is 18.4 Å². The van der Waals surface area contributed by atoms with Crippen LogP contribution in [0.5, 0.6) is 0 Å². The molecule has 1 fully saturated rings. The van der Waals surface area contributed by atoms with Crippen LogP contribution in [0.25, 0.3) is 0 Å². The molecular weight excluding hydrogens is 346 g/mol. The first-order valence-corrected chi connectivity index (χ1v) is 9.13. The van der Waals surface area contributed by atoms with Crippen molar-refractivity contribution in [2.24, 2.45) is 5.92 Å². The van der Waals surface area contributed by atoms with Crippen molar-refractivity contribution in [3.05, 3.63) is 47.7 Å². The van der Waals surface area contributed by atoms with Crippen LogP contribution in [0.4, 0.5) is 5.82 Å². The van der Waals surface area contributed by atoms with E-state index in [1.165, 1.54) is 0 Å². The summed E-state index contributed by atoms with van der Waals surface area (Å²) in [5.41, 5.74) is 0.628. The molecule has 1 saturated heterocycles. The van der Waals surface area contributed by atoms with Gasteiger partial charge >= 0.3 is 0 Å². The Bertz CT molecular complexity index is 808. The standard InChI is InChI=1S/C20H23N3O4/c1-14-13-18(22-27-14)21-20(26)16-9-11-23(12-10-16)19(25)8-7-17(24)15-5-3-2-4-6-15/h2-6,13,16H,7-12H2,1H3,(H,21,22,26). The molecule has 1 aromatic carbocycles. The van der Waals surface area contributed by atoms with Crippen LogP contribution in [0.1, 0.15) is 41.8 Å². The van der Waals surface area contributed by atoms with Gasteiger partial charge in [0, 0.05) is 43.5 Å². The van der Waals surface area contributed by atoms with Gasteiger partial charge in [0.25, 0.3) is 0 Å². The van der Waals surface area contributed by atoms with Gasteiger partial charge in [-0.2, -0.15) is 0 Å². The van der Waals surface area contributed by atoms with Crippen molar-refractivity contribution in [1.82, 2.24) is 10.1 Å². The van der Waals surface area contributed by atoms with Crippen LogP contribution in [0, 0.1) is 12.8 Å². The number of nitrogens with zero attached hydrogens (tertiary/aromatic N) is 2. The van der Waals surface area contributed by atoms with Gasteiger partial charge in [0.05, 0.1) is 0 Å². The number of rotatable bonds is 6. The van der Waals surface area contributed by atoms with Crippen molar-refractivity contribution in [2.45, 2.75) is 32.6 Å². The van der Waals surface area contributed by atoms with Crippen LogP contribution >= 0.6 is 0 Å². The fraction of sp³-hybridized carbons (Fsp3) is 0.400. The fourth-order valence-electron chi connectivity index (χ4n) is 3.19. The van der Waals surface area contributed by atoms with Crippen LogP contribution in [0.2, 0.25) is 0 Å². The number of hydrogen-bond acceptors (Lipinski definition) is 5. The molecule has 3 rings (SSSR count). The molecule has 1 aliphatic rings. The number of carbonyl (C=O) groups is 3. The molecule has 0 saturated carbocycles. The molecule has 0 unspecified atom stereocenters. The van der Waals surface area contributed by atoms with Gasteiger partial charge in [-0.3, -0.25) is 14.4 Å². The molecule has 7 heteroatoms. The lowest BCUT2D eigenvalue weighted by Crippen LogP contribution is -2.41. The summed E-state index contributed by atoms with van der Waals surface area (Å²) in [6.45, 7) is 2.80. The lowest BCUT2D eigenvalue weighted by atomic mass is 9.95. The number of ketones is 1. The molecular formula is C20H23N3O4. The quantitative estimate of drug-likeness (QED) is 0.791. The zero-order valence-corrected chi connectivity index (χ0v) is 15.3. The Balaban J connectivity index is 1.42. The Morgan fingerprint density at radius 3 is 2.48 bits per heavy atom. The maximum Gasteiger partial charge on any atom is 0.228 e. The summed E-state index contributed by atoms with van der Waals surface area (Å²) >= 11 is 0. The van der Waals surface area contributed by atoms with Crippen LogP contribution < -0.4 is 5.32 Å². The predicted molar refractivity (Wildman–Crippen MR) is 99.2 cm³/mol. The van der Waals surface area contributed by atoms with E-state index >= 15 is 0 Å². The summed E-state index contributed by atoms with van der Waals surface area (Å²) in [6, 6.07) is 10.7. The summed E-state index contributed by atoms with van der Waals surface area (Å²) in [5.74, 6) is 0.726. The molecule has 1 N–H and O–H groups in total. The Morgan fingerprint density at radius 1 is 1.15 bits per heavy atom. The molecule has 2 aromatic rings. The minimum absolute atomic E-state index is 0.0267. The smallest absolute Gasteiger partial charge is 0.228 e. The molecule has 0 spiro atoms. The van der Waals surface area contributed by atoms with Crippen molar-refractivity contribution < 1.29 is 18.9 Å². The Labute approximate surface area is 157 Å². The highest BCUT2D eigenvalue weighted by Gasteiger charge is 2.28. The van der Waals surface area contributed by atoms with Gasteiger partial charge in [0.1, 0.15) is 5.76 Å². The third-order valence-corrected chi connectivity index (χ3v) is 4.76. The predicted octanol–water partition coefficient (Wildman–Crippen LogP) is 2.82. The fourth-order valence-corrected chi connectivity index (χ4v) is 3.19. The topological polar surface area (TPSA) is 92.5 Å². The minimum atomic E-state index is -0.156. The van der Waals surface area contributed by atoms with Crippen molar-refractivity contribution in [3.63, 3.8) is 0 Å². The highest BCUT2D eigenvalue weighted by atomic mass is 16.5. The van der Waals surface area contributed by atoms with Crippen molar-refractivity contribution in [1.29, 1.82) is 0 Å². The van der Waals surface area contributed by atoms with Gasteiger partial charge in [-0.05, 0) is 19.8 Å². The van der Waals surface area contributed by atoms with E-state index in [4.69, 9.17) is 4.52 Å². The highest BCUT2D eigenvalue weighted by Crippen LogP contribution is 2.20. The van der Waals surface area contributed by atoms with Crippen molar-refractivity contribution >= 4 is 23.4 Å². The Hall–Kier alpha value is -2.96. The molecule has 142 valence electrons. The number of hydrogen-bond donors (Lipinski definition) is 1. The van der Waals surface area contributed by atoms with E-state index in [1.54, 1.807) is 30.0 Å². The third kappa shape index (κ3) is 5.03. The van der Waals surface area contributed by atoms with E-state index in [0.29, 0.717) is 43.1 Å². The molecule has 27 heavy (non-hydrogen) atoms. The number of anilines is 1. The zero-order valence-electron chi connectivity index (χ0n) is 15.3. The van der Waals surface area contributed by atoms with E-state index in [2.05, 4.69) is 10.5 Å². The molecule has 7 nitrogen and oxygen atoms in total. The maximum absolute atomic E-state index is 12.4. The monoisotopic (exact) mass is 369 g/mol. The average Bonchev–Trinajstić information content (AvgIpc) is 3.11. The van der Waals surface area contributed by atoms with Gasteiger partial charge < -0.3 is 14.7 Å². The summed E-state index contributed by atoms with van der Waals surface area (Å²) in [5, 5.41) is 6.50. The minimum Gasteiger partial charge on any atom is -0.360 e. The largest absolute Gasteiger partial charge is 0.360 e. The lowest BCUT2D eigenvalue weighted by molar-refractivity contribution is -0.134. The molecule has 1 aromatic heterocycles. The third-order valence-electron chi connectivity index (χ3n) is 4.76. The van der Waals surface area contributed by atoms with Crippen LogP contribution in [-0.4, -0.2) is 40.7 Å². The summed E-state index contributed by atoms with van der Waals surface area (Å²) in [4.78, 5) is 38.5. The molecule has 0 atom stereocenters. The SMILES string of the molecule is Cc1cc(NC(=O)C2CCN(C(=O)CCC(=O)c3ccccc3)CC2)no1. The summed E-state index contributed by atoms with van der Waals surface area (Å²) in [6.07, 6.45) is 1.60. The molecule has 0 aliphatic carbocycles. The number of amides is 2. The first-order valence-electron chi connectivity index (χ1n) is 9.13. The number of carbonyl (C=O) groups excluding carboxylic acids is 3. The van der Waals surface area contributed by atoms with Gasteiger partial charge in [0.2, 0.25) is 11.8 Å². The number of aromatic nitrogens is 1. The zero-order chi connectivity index (χ0) is 19.2. The second kappa shape index (κ2) is 8.62. The first kappa shape index (κ1) is 18.8. The van der Waals surface area contributed by atoms with E-state index < -0.39 is 0 Å². The number of nitrogens with one attached hydrogen (secondary N) is 1. The molecule has 0 bridgehead atoms. The van der Waals surface area contributed by atoms with Gasteiger partial charge in [0.15, 0.2) is 11.6 Å². The van der Waals surface area contributed by atoms with Gasteiger partial charge in [-0.15, -0.1) is 0 Å². The van der Waals surface area contributed by atoms with Crippen molar-refractivity contribution in [3.8, 4) is 0 Å². The molecule has 2 amide bonds. The molecule has 0 radical (unpaired) electrons. The second-order valence-corrected chi connectivity index (χ2v) is 6.76. The number of likely N-dealkylation sites (tertiary alicyclic amines) is 1. The summed E-state index contributed by atoms with van der Waals surface area (Å²) < 4.78 is 4.93. The van der Waals surface area contributed by atoms with E-state index in [9.17, 15) is 14.4 Å². The van der Waals surface area contributed by atoms with Crippen LogP contribution in [0.3, 0.4) is 0 Å². The first-order chi connectivity index (χ1) is 13.0. The van der Waals surface area contributed by atoms with Crippen LogP contribution in [0.15, 0.2) is 40.9 Å². The van der Waals surface area contributed by atoms with E-state index in [0.717, 1.165) is 0 Å². The number of aryl methyl sites for hydroxylation is 1. The number of Topliss-reactive ketones (excluding diaryl/α,β-unsaturated/α-hetero) is 1. The number of piperidine rings is 1. The van der Waals surface area contributed by atoms with Gasteiger partial charge in [-0.25, -0.2) is 0 Å². The highest BCUT2D eigenvalue weighted by molar-refractivity contribution is 5.98. The second-order valence-electron chi connectivity index (χ2n) is 6.76. The van der Waals surface area contributed by atoms with Gasteiger partial charge in [-0.1, -0.05) is 35.5 Å². The number of benzene rings is 1. The van der Waals surface area contributed by atoms with Crippen LogP contribution in [-0.2, 0) is 9.59 Å². The Morgan fingerprint density at radius 2 is 1.85 bits per heavy atom. The molecule has 1 aliphatic heterocycles. The molecule has 2 heterocycles. The Kier molecular flexibility index (Phi) is 6.01. The van der Waals surface area contributed by atoms with E-state index in [1.807, 2.05) is 18.2 Å². The lowest BCUT2D eigenvalue weighted by Gasteiger charge is -2.31.